The van der Waals surface area contributed by atoms with Crippen molar-refractivity contribution in [1.29, 1.82) is 5.26 Å². The molecule has 1 unspecified atom stereocenters. The van der Waals surface area contributed by atoms with E-state index in [1.54, 1.807) is 9.47 Å². The number of aromatic nitrogens is 4. The van der Waals surface area contributed by atoms with Crippen molar-refractivity contribution >= 4 is 28.6 Å². The number of aryl methyl sites for hydroxylation is 1. The number of hydrogen-bond donors (Lipinski definition) is 2. The lowest BCUT2D eigenvalue weighted by Gasteiger charge is -2.35. The molecule has 1 fully saturated rings. The Morgan fingerprint density at radius 3 is 2.62 bits per heavy atom. The van der Waals surface area contributed by atoms with E-state index in [0.717, 1.165) is 5.56 Å². The monoisotopic (exact) mass is 504 g/mol. The lowest BCUT2D eigenvalue weighted by molar-refractivity contribution is 0.0186. The molecule has 1 aliphatic heterocycles. The third-order valence-electron chi connectivity index (χ3n) is 6.38. The van der Waals surface area contributed by atoms with Gasteiger partial charge in [0.2, 0.25) is 0 Å². The molecular weight excluding hydrogens is 472 g/mol. The molecule has 3 heterocycles. The van der Waals surface area contributed by atoms with Gasteiger partial charge in [0.15, 0.2) is 0 Å². The largest absolute Gasteiger partial charge is 0.444 e. The van der Waals surface area contributed by atoms with Gasteiger partial charge in [-0.15, -0.1) is 0 Å². The van der Waals surface area contributed by atoms with Crippen LogP contribution in [0.3, 0.4) is 0 Å². The Hall–Kier alpha value is -4.20. The van der Waals surface area contributed by atoms with Crippen LogP contribution in [0.5, 0.6) is 0 Å². The van der Waals surface area contributed by atoms with E-state index in [2.05, 4.69) is 15.3 Å². The number of nitrogen functional groups attached to an aromatic ring is 1. The van der Waals surface area contributed by atoms with Crippen LogP contribution in [0.1, 0.15) is 69.6 Å². The summed E-state index contributed by atoms with van der Waals surface area (Å²) in [5.74, 6) is 0.855. The Kier molecular flexibility index (Phi) is 7.03. The second-order valence-electron chi connectivity index (χ2n) is 10.3. The quantitative estimate of drug-likeness (QED) is 0.541. The van der Waals surface area contributed by atoms with E-state index in [1.165, 1.54) is 6.33 Å². The highest BCUT2D eigenvalue weighted by Gasteiger charge is 2.31. The highest BCUT2D eigenvalue weighted by atomic mass is 16.6. The highest BCUT2D eigenvalue weighted by Crippen LogP contribution is 2.29. The van der Waals surface area contributed by atoms with Gasteiger partial charge in [0, 0.05) is 19.1 Å². The molecule has 0 radical (unpaired) electrons. The van der Waals surface area contributed by atoms with Crippen molar-refractivity contribution in [3.8, 4) is 6.07 Å². The number of rotatable bonds is 4. The fraction of sp³-hybridized carbons (Fsp3) is 0.462. The lowest BCUT2D eigenvalue weighted by atomic mass is 10.0. The second-order valence-corrected chi connectivity index (χ2v) is 10.3. The van der Waals surface area contributed by atoms with Crippen LogP contribution in [0.2, 0.25) is 0 Å². The van der Waals surface area contributed by atoms with Crippen molar-refractivity contribution in [2.24, 2.45) is 0 Å². The molecule has 0 spiro atoms. The molecule has 1 aliphatic rings. The first kappa shape index (κ1) is 25.9. The number of likely N-dealkylation sites (tertiary alicyclic amines) is 1. The van der Waals surface area contributed by atoms with Crippen LogP contribution in [0.4, 0.5) is 16.4 Å². The molecule has 3 N–H and O–H groups in total. The number of nitrogens with zero attached hydrogens (tertiary/aromatic N) is 6. The average molecular weight is 505 g/mol. The number of nitriles is 1. The maximum atomic E-state index is 13.9. The molecule has 0 saturated carbocycles. The number of anilines is 2. The van der Waals surface area contributed by atoms with Crippen LogP contribution in [-0.2, 0) is 4.74 Å². The molecule has 4 rings (SSSR count). The summed E-state index contributed by atoms with van der Waals surface area (Å²) in [6, 6.07) is 6.95. The van der Waals surface area contributed by atoms with Gasteiger partial charge >= 0.3 is 6.09 Å². The smallest absolute Gasteiger partial charge is 0.410 e. The first-order valence-electron chi connectivity index (χ1n) is 12.3. The zero-order valence-corrected chi connectivity index (χ0v) is 21.8. The first-order valence-corrected chi connectivity index (χ1v) is 12.3. The van der Waals surface area contributed by atoms with Crippen LogP contribution in [0, 0.1) is 18.3 Å². The molecule has 1 aromatic carbocycles. The van der Waals surface area contributed by atoms with E-state index < -0.39 is 11.6 Å². The summed E-state index contributed by atoms with van der Waals surface area (Å²) >= 11 is 0. The zero-order valence-electron chi connectivity index (χ0n) is 21.8. The van der Waals surface area contributed by atoms with E-state index in [9.17, 15) is 14.9 Å². The third kappa shape index (κ3) is 5.33. The van der Waals surface area contributed by atoms with Crippen molar-refractivity contribution in [3.63, 3.8) is 0 Å². The van der Waals surface area contributed by atoms with E-state index >= 15 is 0 Å². The molecule has 0 bridgehead atoms. The van der Waals surface area contributed by atoms with Gasteiger partial charge < -0.3 is 20.7 Å². The van der Waals surface area contributed by atoms with Crippen LogP contribution in [0.15, 0.2) is 29.3 Å². The fourth-order valence-electron chi connectivity index (χ4n) is 4.61. The van der Waals surface area contributed by atoms with Crippen molar-refractivity contribution < 1.29 is 9.53 Å². The summed E-state index contributed by atoms with van der Waals surface area (Å²) in [7, 11) is 0. The number of hydrogen-bond acceptors (Lipinski definition) is 9. The van der Waals surface area contributed by atoms with Gasteiger partial charge in [0.25, 0.3) is 5.56 Å². The number of piperidine rings is 1. The van der Waals surface area contributed by atoms with Crippen molar-refractivity contribution in [2.75, 3.05) is 24.1 Å². The van der Waals surface area contributed by atoms with E-state index in [1.807, 2.05) is 58.9 Å². The van der Waals surface area contributed by atoms with Crippen LogP contribution < -0.4 is 16.6 Å². The number of nitrogens with one attached hydrogen (secondary N) is 1. The lowest BCUT2D eigenvalue weighted by Crippen LogP contribution is -2.44. The summed E-state index contributed by atoms with van der Waals surface area (Å²) in [5.41, 5.74) is 6.72. The van der Waals surface area contributed by atoms with Gasteiger partial charge in [-0.2, -0.15) is 5.26 Å². The first-order chi connectivity index (χ1) is 17.5. The molecule has 194 valence electrons. The summed E-state index contributed by atoms with van der Waals surface area (Å²) in [4.78, 5) is 41.1. The Bertz CT molecular complexity index is 1430. The minimum Gasteiger partial charge on any atom is -0.444 e. The summed E-state index contributed by atoms with van der Waals surface area (Å²) in [6.07, 6.45) is 2.07. The van der Waals surface area contributed by atoms with Crippen molar-refractivity contribution in [3.05, 3.63) is 51.8 Å². The van der Waals surface area contributed by atoms with Crippen LogP contribution in [-0.4, -0.2) is 49.2 Å². The maximum absolute atomic E-state index is 13.9. The van der Waals surface area contributed by atoms with Crippen molar-refractivity contribution in [2.45, 2.75) is 65.1 Å². The van der Waals surface area contributed by atoms with Crippen LogP contribution >= 0.6 is 0 Å². The van der Waals surface area contributed by atoms with Gasteiger partial charge in [-0.3, -0.25) is 9.36 Å². The van der Waals surface area contributed by atoms with Gasteiger partial charge in [-0.05, 0) is 59.1 Å². The average Bonchev–Trinajstić information content (AvgIpc) is 2.83. The maximum Gasteiger partial charge on any atom is 0.410 e. The normalized spacial score (nSPS) is 15.3. The number of amides is 1. The van der Waals surface area contributed by atoms with E-state index in [4.69, 9.17) is 15.5 Å². The number of nitrogens with two attached hydrogens (primary N) is 1. The molecule has 1 saturated heterocycles. The molecule has 11 heteroatoms. The topological polar surface area (TPSA) is 152 Å². The summed E-state index contributed by atoms with van der Waals surface area (Å²) < 4.78 is 7.25. The van der Waals surface area contributed by atoms with Gasteiger partial charge in [0.05, 0.1) is 16.9 Å². The van der Waals surface area contributed by atoms with Crippen LogP contribution in [0.25, 0.3) is 10.9 Å². The SMILES string of the molecule is Cc1cccc2nc(C(C)Nc3ncnc(N)c3C#N)n(C3CCN(C(=O)OC(C)(C)C)CC3)c(=O)c12. The summed E-state index contributed by atoms with van der Waals surface area (Å²) in [5, 5.41) is 13.3. The molecule has 37 heavy (non-hydrogen) atoms. The Morgan fingerprint density at radius 1 is 1.27 bits per heavy atom. The molecule has 11 nitrogen and oxygen atoms in total. The second kappa shape index (κ2) is 10.0. The summed E-state index contributed by atoms with van der Waals surface area (Å²) in [6.45, 7) is 10.2. The number of ether oxygens (including phenoxy) is 1. The van der Waals surface area contributed by atoms with Gasteiger partial charge in [0.1, 0.15) is 41.0 Å². The zero-order chi connectivity index (χ0) is 26.9. The van der Waals surface area contributed by atoms with Gasteiger partial charge in [-0.25, -0.2) is 19.7 Å². The van der Waals surface area contributed by atoms with E-state index in [-0.39, 0.29) is 34.9 Å². The molecule has 3 aromatic rings. The molecule has 2 aromatic heterocycles. The van der Waals surface area contributed by atoms with E-state index in [0.29, 0.717) is 42.7 Å². The third-order valence-corrected chi connectivity index (χ3v) is 6.38. The minimum absolute atomic E-state index is 0.0706. The number of carbonyl (C=O) groups excluding carboxylic acids is 1. The standard InChI is InChI=1S/C26H32N8O3/c1-15-7-6-8-19-20(15)24(35)34(17-9-11-33(12-10-17)25(36)37-26(3,4)5)23(32-19)16(2)31-22-18(13-27)21(28)29-14-30-22/h6-8,14,16-17H,9-12H2,1-5H3,(H3,28,29,30,31). The molecule has 0 aliphatic carbocycles. The minimum atomic E-state index is -0.578. The van der Waals surface area contributed by atoms with Crippen molar-refractivity contribution in [1.82, 2.24) is 24.4 Å². The predicted molar refractivity (Wildman–Crippen MR) is 140 cm³/mol. The highest BCUT2D eigenvalue weighted by molar-refractivity contribution is 5.81. The molecule has 1 amide bonds. The number of fused-ring (bicyclic) bond motifs is 1. The Balaban J connectivity index is 1.71. The Morgan fingerprint density at radius 2 is 1.97 bits per heavy atom. The predicted octanol–water partition coefficient (Wildman–Crippen LogP) is 3.69. The fourth-order valence-corrected chi connectivity index (χ4v) is 4.61. The number of carbonyl (C=O) groups is 1. The molecule has 1 atom stereocenters. The molecular formula is C26H32N8O3. The van der Waals surface area contributed by atoms with Gasteiger partial charge in [-0.1, -0.05) is 12.1 Å². The Labute approximate surface area is 215 Å². The number of benzene rings is 1.